The van der Waals surface area contributed by atoms with Crippen LogP contribution in [0.1, 0.15) is 35.4 Å². The highest BCUT2D eigenvalue weighted by molar-refractivity contribution is 6.31. The van der Waals surface area contributed by atoms with Gasteiger partial charge in [0.1, 0.15) is 47.1 Å². The summed E-state index contributed by atoms with van der Waals surface area (Å²) in [5.74, 6) is 3.71. The first kappa shape index (κ1) is 30.9. The molecule has 9 nitrogen and oxygen atoms in total. The number of nitrogens with zero attached hydrogens (tertiary/aromatic N) is 6. The zero-order valence-electron chi connectivity index (χ0n) is 22.5. The molecule has 14 heteroatoms. The van der Waals surface area contributed by atoms with Crippen LogP contribution in [0.25, 0.3) is 0 Å². The fraction of sp³-hybridized carbons (Fsp3) is 0.241. The molecule has 2 amide bonds. The van der Waals surface area contributed by atoms with Crippen molar-refractivity contribution in [3.05, 3.63) is 82.7 Å². The molecule has 2 aromatic heterocycles. The maximum absolute atomic E-state index is 14.0. The maximum atomic E-state index is 14.0. The van der Waals surface area contributed by atoms with Crippen molar-refractivity contribution in [3.63, 3.8) is 0 Å². The monoisotopic (exact) mass is 611 g/mol. The van der Waals surface area contributed by atoms with Crippen molar-refractivity contribution in [3.8, 4) is 17.9 Å². The third-order valence-corrected chi connectivity index (χ3v) is 6.68. The lowest BCUT2D eigenvalue weighted by Crippen LogP contribution is -2.47. The summed E-state index contributed by atoms with van der Waals surface area (Å²) in [5.41, 5.74) is -1.40. The number of carbonyl (C=O) groups is 2. The van der Waals surface area contributed by atoms with Gasteiger partial charge in [-0.25, -0.2) is 19.3 Å². The summed E-state index contributed by atoms with van der Waals surface area (Å²) in [4.78, 5) is 40.3. The number of nitrogens with one attached hydrogen (secondary N) is 1. The molecule has 0 aliphatic carbocycles. The van der Waals surface area contributed by atoms with Gasteiger partial charge in [-0.3, -0.25) is 14.5 Å². The average Bonchev–Trinajstić information content (AvgIpc) is 3.46. The molecule has 1 aliphatic heterocycles. The van der Waals surface area contributed by atoms with Gasteiger partial charge in [-0.1, -0.05) is 24.1 Å². The molecular weight excluding hydrogens is 590 g/mol. The zero-order valence-corrected chi connectivity index (χ0v) is 23.3. The van der Waals surface area contributed by atoms with Crippen LogP contribution in [0.2, 0.25) is 5.02 Å². The van der Waals surface area contributed by atoms with Gasteiger partial charge in [0.25, 0.3) is 5.91 Å². The molecule has 0 bridgehead atoms. The summed E-state index contributed by atoms with van der Waals surface area (Å²) in [6.45, 7) is 4.66. The lowest BCUT2D eigenvalue weighted by molar-refractivity contribution is -0.137. The SMILES string of the molecule is C=CC(=O)Nc1cc(C#CCN(C(=O)C2CCCN2c2nc(C)cc(C(F)(F)F)c2C#N)c2ccc(F)c(Cl)c2)ncn1. The van der Waals surface area contributed by atoms with E-state index >= 15 is 0 Å². The third kappa shape index (κ3) is 7.08. The Morgan fingerprint density at radius 1 is 1.28 bits per heavy atom. The van der Waals surface area contributed by atoms with Crippen LogP contribution in [0.5, 0.6) is 0 Å². The molecule has 1 unspecified atom stereocenters. The molecule has 0 spiro atoms. The van der Waals surface area contributed by atoms with E-state index in [-0.39, 0.29) is 53.2 Å². The highest BCUT2D eigenvalue weighted by atomic mass is 35.5. The van der Waals surface area contributed by atoms with Crippen LogP contribution in [0.4, 0.5) is 34.9 Å². The number of pyridine rings is 1. The molecule has 0 radical (unpaired) electrons. The van der Waals surface area contributed by atoms with Crippen LogP contribution < -0.4 is 15.1 Å². The highest BCUT2D eigenvalue weighted by Crippen LogP contribution is 2.38. The van der Waals surface area contributed by atoms with E-state index in [0.717, 1.165) is 18.2 Å². The van der Waals surface area contributed by atoms with Gasteiger partial charge in [-0.2, -0.15) is 18.4 Å². The summed E-state index contributed by atoms with van der Waals surface area (Å²) >= 11 is 5.99. The molecule has 1 fully saturated rings. The molecule has 4 rings (SSSR count). The van der Waals surface area contributed by atoms with Gasteiger partial charge in [0, 0.05) is 24.0 Å². The van der Waals surface area contributed by atoms with Crippen LogP contribution >= 0.6 is 11.6 Å². The van der Waals surface area contributed by atoms with Gasteiger partial charge in [0.15, 0.2) is 0 Å². The van der Waals surface area contributed by atoms with Gasteiger partial charge in [0.05, 0.1) is 17.1 Å². The Morgan fingerprint density at radius 2 is 2.05 bits per heavy atom. The second-order valence-electron chi connectivity index (χ2n) is 9.28. The molecule has 3 heterocycles. The van der Waals surface area contributed by atoms with E-state index in [1.807, 2.05) is 0 Å². The Morgan fingerprint density at radius 3 is 2.72 bits per heavy atom. The lowest BCUT2D eigenvalue weighted by Gasteiger charge is -2.31. The first-order valence-electron chi connectivity index (χ1n) is 12.7. The van der Waals surface area contributed by atoms with Crippen LogP contribution in [0, 0.1) is 35.9 Å². The summed E-state index contributed by atoms with van der Waals surface area (Å²) in [7, 11) is 0. The minimum atomic E-state index is -4.81. The molecule has 220 valence electrons. The van der Waals surface area contributed by atoms with Crippen molar-refractivity contribution in [2.24, 2.45) is 0 Å². The van der Waals surface area contributed by atoms with Crippen LogP contribution in [-0.4, -0.2) is 45.9 Å². The molecule has 3 aromatic rings. The van der Waals surface area contributed by atoms with Gasteiger partial charge < -0.3 is 10.2 Å². The fourth-order valence-corrected chi connectivity index (χ4v) is 4.66. The predicted octanol–water partition coefficient (Wildman–Crippen LogP) is 5.04. The highest BCUT2D eigenvalue weighted by Gasteiger charge is 2.40. The van der Waals surface area contributed by atoms with Gasteiger partial charge in [-0.05, 0) is 56.0 Å². The van der Waals surface area contributed by atoms with E-state index in [0.29, 0.717) is 6.42 Å². The summed E-state index contributed by atoms with van der Waals surface area (Å²) in [6, 6.07) is 6.42. The lowest BCUT2D eigenvalue weighted by atomic mass is 10.1. The van der Waals surface area contributed by atoms with Crippen molar-refractivity contribution in [1.82, 2.24) is 15.0 Å². The normalized spacial score (nSPS) is 14.3. The van der Waals surface area contributed by atoms with Crippen LogP contribution in [-0.2, 0) is 15.8 Å². The first-order chi connectivity index (χ1) is 20.4. The number of anilines is 3. The number of nitriles is 1. The Bertz CT molecular complexity index is 1690. The number of carbonyl (C=O) groups excluding carboxylic acids is 2. The van der Waals surface area contributed by atoms with E-state index < -0.39 is 41.0 Å². The van der Waals surface area contributed by atoms with Gasteiger partial charge in [-0.15, -0.1) is 0 Å². The number of rotatable bonds is 6. The number of amides is 2. The summed E-state index contributed by atoms with van der Waals surface area (Å²) in [5, 5.41) is 11.9. The van der Waals surface area contributed by atoms with E-state index in [9.17, 15) is 32.4 Å². The number of benzene rings is 1. The molecule has 1 N–H and O–H groups in total. The van der Waals surface area contributed by atoms with Crippen LogP contribution in [0.3, 0.4) is 0 Å². The number of hydrogen-bond donors (Lipinski definition) is 1. The smallest absolute Gasteiger partial charge is 0.343 e. The topological polar surface area (TPSA) is 115 Å². The molecular formula is C29H22ClF4N7O2. The van der Waals surface area contributed by atoms with Crippen molar-refractivity contribution in [2.75, 3.05) is 28.2 Å². The molecule has 0 saturated carbocycles. The van der Waals surface area contributed by atoms with Crippen molar-refractivity contribution in [2.45, 2.75) is 32.0 Å². The average molecular weight is 612 g/mol. The largest absolute Gasteiger partial charge is 0.417 e. The summed E-state index contributed by atoms with van der Waals surface area (Å²) < 4.78 is 55.3. The molecule has 1 aromatic carbocycles. The minimum Gasteiger partial charge on any atom is -0.343 e. The van der Waals surface area contributed by atoms with Gasteiger partial charge in [0.2, 0.25) is 5.91 Å². The Balaban J connectivity index is 1.70. The second kappa shape index (κ2) is 12.9. The Kier molecular flexibility index (Phi) is 9.27. The Hall–Kier alpha value is -5.01. The number of halogens is 5. The van der Waals surface area contributed by atoms with Crippen molar-refractivity contribution in [1.29, 1.82) is 5.26 Å². The van der Waals surface area contributed by atoms with E-state index in [2.05, 4.69) is 38.7 Å². The quantitative estimate of drug-likeness (QED) is 0.236. The standard InChI is InChI=1S/C29H22ClF4N7O2/c1-3-26(42)39-25-13-18(36-16-37-25)6-4-10-40(19-8-9-23(31)22(30)14-19)28(43)24-7-5-11-41(24)27-20(15-35)21(29(32,33)34)12-17(2)38-27/h3,8-9,12-14,16,24H,1,5,7,10-11H2,2H3,(H,36,37,39,42). The molecule has 43 heavy (non-hydrogen) atoms. The van der Waals surface area contributed by atoms with Crippen molar-refractivity contribution >= 4 is 40.7 Å². The van der Waals surface area contributed by atoms with E-state index in [4.69, 9.17) is 11.6 Å². The van der Waals surface area contributed by atoms with Crippen LogP contribution in [0.15, 0.2) is 49.3 Å². The number of alkyl halides is 3. The zero-order chi connectivity index (χ0) is 31.3. The fourth-order valence-electron chi connectivity index (χ4n) is 4.49. The van der Waals surface area contributed by atoms with E-state index in [1.165, 1.54) is 41.2 Å². The van der Waals surface area contributed by atoms with Gasteiger partial charge >= 0.3 is 6.18 Å². The molecule has 1 aliphatic rings. The number of aromatic nitrogens is 3. The predicted molar refractivity (Wildman–Crippen MR) is 151 cm³/mol. The maximum Gasteiger partial charge on any atom is 0.417 e. The second-order valence-corrected chi connectivity index (χ2v) is 9.68. The number of hydrogen-bond acceptors (Lipinski definition) is 7. The number of aryl methyl sites for hydroxylation is 1. The minimum absolute atomic E-state index is 0.0287. The molecule has 1 atom stereocenters. The third-order valence-electron chi connectivity index (χ3n) is 6.39. The van der Waals surface area contributed by atoms with Crippen molar-refractivity contribution < 1.29 is 27.2 Å². The first-order valence-corrected chi connectivity index (χ1v) is 13.1. The Labute approximate surface area is 248 Å². The van der Waals surface area contributed by atoms with E-state index in [1.54, 1.807) is 6.07 Å². The molecule has 1 saturated heterocycles. The summed E-state index contributed by atoms with van der Waals surface area (Å²) in [6.07, 6.45) is -1.89.